The number of nitrogen functional groups attached to an aromatic ring is 1. The van der Waals surface area contributed by atoms with Crippen molar-refractivity contribution in [2.75, 3.05) is 12.3 Å². The maximum atomic E-state index is 12.4. The fourth-order valence-electron chi connectivity index (χ4n) is 2.59. The molecule has 0 saturated carbocycles. The molecule has 1 aliphatic rings. The molecule has 1 aromatic heterocycles. The minimum atomic E-state index is -0.0362. The Bertz CT molecular complexity index is 414. The number of hydrogen-bond donors (Lipinski definition) is 2. The Morgan fingerprint density at radius 1 is 1.53 bits per heavy atom. The second-order valence-electron chi connectivity index (χ2n) is 5.22. The largest absolute Gasteiger partial charge is 0.396 e. The van der Waals surface area contributed by atoms with Gasteiger partial charge in [-0.25, -0.2) is 0 Å². The van der Waals surface area contributed by atoms with Gasteiger partial charge in [0.1, 0.15) is 5.69 Å². The molecule has 3 atom stereocenters. The highest BCUT2D eigenvalue weighted by molar-refractivity contribution is 5.97. The number of H-pyrrole nitrogens is 1. The molecule has 0 aromatic carbocycles. The Morgan fingerprint density at radius 2 is 2.24 bits per heavy atom. The third kappa shape index (κ3) is 2.14. The van der Waals surface area contributed by atoms with E-state index in [1.165, 1.54) is 12.6 Å². The summed E-state index contributed by atoms with van der Waals surface area (Å²) in [5, 5.41) is 6.49. The zero-order chi connectivity index (χ0) is 12.6. The highest BCUT2D eigenvalue weighted by atomic mass is 16.2. The Kier molecular flexibility index (Phi) is 3.09. The number of anilines is 1. The molecule has 0 radical (unpaired) electrons. The average molecular weight is 236 g/mol. The van der Waals surface area contributed by atoms with Crippen LogP contribution >= 0.6 is 0 Å². The first-order valence-electron chi connectivity index (χ1n) is 6.10. The lowest BCUT2D eigenvalue weighted by Gasteiger charge is -2.40. The number of likely N-dealkylation sites (tertiary alicyclic amines) is 1. The Morgan fingerprint density at radius 3 is 2.82 bits per heavy atom. The molecule has 2 heterocycles. The summed E-state index contributed by atoms with van der Waals surface area (Å²) in [6.45, 7) is 7.26. The molecule has 0 bridgehead atoms. The van der Waals surface area contributed by atoms with Gasteiger partial charge < -0.3 is 10.6 Å². The summed E-state index contributed by atoms with van der Waals surface area (Å²) < 4.78 is 0. The predicted octanol–water partition coefficient (Wildman–Crippen LogP) is 1.50. The second kappa shape index (κ2) is 4.39. The highest BCUT2D eigenvalue weighted by Gasteiger charge is 2.33. The van der Waals surface area contributed by atoms with E-state index >= 15 is 0 Å². The minimum absolute atomic E-state index is 0.0362. The van der Waals surface area contributed by atoms with E-state index in [2.05, 4.69) is 31.0 Å². The molecule has 0 aliphatic carbocycles. The summed E-state index contributed by atoms with van der Waals surface area (Å²) in [5.74, 6) is 1.02. The van der Waals surface area contributed by atoms with Gasteiger partial charge in [-0.3, -0.25) is 9.89 Å². The summed E-state index contributed by atoms with van der Waals surface area (Å²) in [5.41, 5.74) is 6.56. The minimum Gasteiger partial charge on any atom is -0.396 e. The molecule has 0 spiro atoms. The van der Waals surface area contributed by atoms with Crippen molar-refractivity contribution >= 4 is 11.6 Å². The maximum absolute atomic E-state index is 12.4. The van der Waals surface area contributed by atoms with Gasteiger partial charge in [-0.2, -0.15) is 5.10 Å². The van der Waals surface area contributed by atoms with Crippen LogP contribution in [0.15, 0.2) is 6.20 Å². The maximum Gasteiger partial charge on any atom is 0.274 e. The van der Waals surface area contributed by atoms with E-state index in [0.29, 0.717) is 23.2 Å². The van der Waals surface area contributed by atoms with E-state index in [1.54, 1.807) is 0 Å². The topological polar surface area (TPSA) is 75.0 Å². The first-order valence-corrected chi connectivity index (χ1v) is 6.10. The molecule has 17 heavy (non-hydrogen) atoms. The fraction of sp³-hybridized carbons (Fsp3) is 0.667. The van der Waals surface area contributed by atoms with E-state index in [-0.39, 0.29) is 11.9 Å². The number of aromatic amines is 1. The van der Waals surface area contributed by atoms with Crippen molar-refractivity contribution in [3.05, 3.63) is 11.9 Å². The monoisotopic (exact) mass is 236 g/mol. The van der Waals surface area contributed by atoms with Gasteiger partial charge in [0.15, 0.2) is 0 Å². The summed E-state index contributed by atoms with van der Waals surface area (Å²) in [6, 6.07) is 0.251. The molecule has 94 valence electrons. The quantitative estimate of drug-likeness (QED) is 0.776. The van der Waals surface area contributed by atoms with Crippen LogP contribution in [-0.2, 0) is 0 Å². The lowest BCUT2D eigenvalue weighted by Crippen LogP contribution is -2.49. The first-order chi connectivity index (χ1) is 8.00. The SMILES string of the molecule is CC1CC(C)C(C)N(C(=O)c2[nH]ncc2N)C1. The standard InChI is InChI=1S/C12H20N4O/c1-7-4-8(2)9(3)16(6-7)12(17)11-10(13)5-14-15-11/h5,7-9H,4,6,13H2,1-3H3,(H,14,15). The van der Waals surface area contributed by atoms with Gasteiger partial charge in [-0.15, -0.1) is 0 Å². The molecular weight excluding hydrogens is 216 g/mol. The van der Waals surface area contributed by atoms with Crippen molar-refractivity contribution in [2.24, 2.45) is 11.8 Å². The van der Waals surface area contributed by atoms with Crippen LogP contribution in [0.5, 0.6) is 0 Å². The van der Waals surface area contributed by atoms with Gasteiger partial charge in [-0.05, 0) is 25.2 Å². The molecule has 1 saturated heterocycles. The number of carbonyl (C=O) groups excluding carboxylic acids is 1. The molecule has 3 N–H and O–H groups in total. The van der Waals surface area contributed by atoms with E-state index < -0.39 is 0 Å². The van der Waals surface area contributed by atoms with Gasteiger partial charge in [0.2, 0.25) is 0 Å². The lowest BCUT2D eigenvalue weighted by atomic mass is 9.86. The normalized spacial score (nSPS) is 29.4. The fourth-order valence-corrected chi connectivity index (χ4v) is 2.59. The summed E-state index contributed by atoms with van der Waals surface area (Å²) >= 11 is 0. The zero-order valence-electron chi connectivity index (χ0n) is 10.6. The summed E-state index contributed by atoms with van der Waals surface area (Å²) in [6.07, 6.45) is 2.65. The molecule has 2 rings (SSSR count). The van der Waals surface area contributed by atoms with Crippen molar-refractivity contribution in [1.82, 2.24) is 15.1 Å². The van der Waals surface area contributed by atoms with E-state index in [0.717, 1.165) is 6.54 Å². The van der Waals surface area contributed by atoms with Crippen LogP contribution in [0.1, 0.15) is 37.7 Å². The van der Waals surface area contributed by atoms with Gasteiger partial charge in [0, 0.05) is 12.6 Å². The van der Waals surface area contributed by atoms with Crippen LogP contribution in [0.25, 0.3) is 0 Å². The van der Waals surface area contributed by atoms with Crippen molar-refractivity contribution in [3.8, 4) is 0 Å². The third-order valence-corrected chi connectivity index (χ3v) is 3.74. The number of piperidine rings is 1. The van der Waals surface area contributed by atoms with E-state index in [4.69, 9.17) is 5.73 Å². The first kappa shape index (κ1) is 12.0. The van der Waals surface area contributed by atoms with Crippen LogP contribution in [0.3, 0.4) is 0 Å². The number of aromatic nitrogens is 2. The Balaban J connectivity index is 2.21. The van der Waals surface area contributed by atoms with Crippen molar-refractivity contribution < 1.29 is 4.79 Å². The molecule has 1 amide bonds. The van der Waals surface area contributed by atoms with Crippen LogP contribution < -0.4 is 5.73 Å². The molecule has 3 unspecified atom stereocenters. The summed E-state index contributed by atoms with van der Waals surface area (Å²) in [4.78, 5) is 14.3. The second-order valence-corrected chi connectivity index (χ2v) is 5.22. The number of rotatable bonds is 1. The van der Waals surface area contributed by atoms with Crippen LogP contribution in [-0.4, -0.2) is 33.6 Å². The van der Waals surface area contributed by atoms with E-state index in [9.17, 15) is 4.79 Å². The number of hydrogen-bond acceptors (Lipinski definition) is 3. The summed E-state index contributed by atoms with van der Waals surface area (Å²) in [7, 11) is 0. The number of nitrogens with two attached hydrogens (primary N) is 1. The molecular formula is C12H20N4O. The lowest BCUT2D eigenvalue weighted by molar-refractivity contribution is 0.0451. The van der Waals surface area contributed by atoms with Crippen molar-refractivity contribution in [1.29, 1.82) is 0 Å². The van der Waals surface area contributed by atoms with Crippen molar-refractivity contribution in [2.45, 2.75) is 33.2 Å². The average Bonchev–Trinajstić information content (AvgIpc) is 2.69. The van der Waals surface area contributed by atoms with Gasteiger partial charge >= 0.3 is 0 Å². The zero-order valence-corrected chi connectivity index (χ0v) is 10.6. The predicted molar refractivity (Wildman–Crippen MR) is 66.4 cm³/mol. The number of carbonyl (C=O) groups is 1. The molecule has 1 fully saturated rings. The number of nitrogens with zero attached hydrogens (tertiary/aromatic N) is 2. The highest BCUT2D eigenvalue weighted by Crippen LogP contribution is 2.28. The molecule has 5 heteroatoms. The number of nitrogens with one attached hydrogen (secondary N) is 1. The van der Waals surface area contributed by atoms with Crippen molar-refractivity contribution in [3.63, 3.8) is 0 Å². The molecule has 1 aliphatic heterocycles. The number of amides is 1. The van der Waals surface area contributed by atoms with Gasteiger partial charge in [0.25, 0.3) is 5.91 Å². The molecule has 1 aromatic rings. The molecule has 5 nitrogen and oxygen atoms in total. The van der Waals surface area contributed by atoms with Gasteiger partial charge in [0.05, 0.1) is 11.9 Å². The Labute approximate surface area is 101 Å². The smallest absolute Gasteiger partial charge is 0.274 e. The van der Waals surface area contributed by atoms with Crippen LogP contribution in [0, 0.1) is 11.8 Å². The Hall–Kier alpha value is -1.52. The van der Waals surface area contributed by atoms with Crippen LogP contribution in [0.2, 0.25) is 0 Å². The van der Waals surface area contributed by atoms with Crippen LogP contribution in [0.4, 0.5) is 5.69 Å². The van der Waals surface area contributed by atoms with Gasteiger partial charge in [-0.1, -0.05) is 13.8 Å². The third-order valence-electron chi connectivity index (χ3n) is 3.74. The van der Waals surface area contributed by atoms with E-state index in [1.807, 2.05) is 4.90 Å².